The lowest BCUT2D eigenvalue weighted by atomic mass is 10.0. The summed E-state index contributed by atoms with van der Waals surface area (Å²) < 4.78 is 28.1. The van der Waals surface area contributed by atoms with Crippen LogP contribution in [0.25, 0.3) is 27.0 Å². The molecule has 8 heteroatoms. The van der Waals surface area contributed by atoms with Gasteiger partial charge in [0.05, 0.1) is 35.8 Å². The molecule has 1 saturated heterocycles. The summed E-state index contributed by atoms with van der Waals surface area (Å²) in [7, 11) is 0. The molecule has 0 radical (unpaired) electrons. The maximum absolute atomic E-state index is 14.3. The highest BCUT2D eigenvalue weighted by Crippen LogP contribution is 2.28. The molecule has 0 aliphatic carbocycles. The van der Waals surface area contributed by atoms with E-state index in [1.54, 1.807) is 30.3 Å². The number of hydrogen-bond acceptors (Lipinski definition) is 4. The van der Waals surface area contributed by atoms with Gasteiger partial charge in [-0.05, 0) is 65.9 Å². The second kappa shape index (κ2) is 11.9. The van der Waals surface area contributed by atoms with Gasteiger partial charge in [-0.15, -0.1) is 0 Å². The number of aromatic carboxylic acids is 1. The fourth-order valence-electron chi connectivity index (χ4n) is 5.28. The Morgan fingerprint density at radius 1 is 1.07 bits per heavy atom. The third-order valence-corrected chi connectivity index (χ3v) is 7.53. The Labute approximate surface area is 242 Å². The molecule has 0 saturated carbocycles. The monoisotopic (exact) mass is 561 g/mol. The Morgan fingerprint density at radius 2 is 1.93 bits per heavy atom. The predicted molar refractivity (Wildman–Crippen MR) is 157 cm³/mol. The van der Waals surface area contributed by atoms with E-state index < -0.39 is 11.8 Å². The van der Waals surface area contributed by atoms with Crippen LogP contribution < -0.4 is 4.74 Å². The summed E-state index contributed by atoms with van der Waals surface area (Å²) in [6.07, 6.45) is 2.67. The topological polar surface area (TPSA) is 77.9 Å². The van der Waals surface area contributed by atoms with Gasteiger partial charge in [-0.3, -0.25) is 0 Å². The zero-order chi connectivity index (χ0) is 29.1. The summed E-state index contributed by atoms with van der Waals surface area (Å²) in [6.45, 7) is 8.45. The molecule has 1 atom stereocenters. The maximum Gasteiger partial charge on any atom is 0.335 e. The third kappa shape index (κ3) is 5.87. The lowest BCUT2D eigenvalue weighted by molar-refractivity contribution is 0.0697. The van der Waals surface area contributed by atoms with E-state index in [4.69, 9.17) is 21.0 Å². The molecule has 42 heavy (non-hydrogen) atoms. The van der Waals surface area contributed by atoms with Gasteiger partial charge in [0.25, 0.3) is 0 Å². The van der Waals surface area contributed by atoms with Crippen LogP contribution in [-0.2, 0) is 24.3 Å². The van der Waals surface area contributed by atoms with Gasteiger partial charge in [-0.25, -0.2) is 19.0 Å². The van der Waals surface area contributed by atoms with Gasteiger partial charge in [0.1, 0.15) is 24.0 Å². The van der Waals surface area contributed by atoms with Crippen LogP contribution in [0, 0.1) is 12.4 Å². The lowest BCUT2D eigenvalue weighted by Gasteiger charge is -2.15. The average Bonchev–Trinajstić information content (AvgIpc) is 3.65. The molecule has 1 aliphatic rings. The highest BCUT2D eigenvalue weighted by Gasteiger charge is 2.21. The van der Waals surface area contributed by atoms with Crippen LogP contribution in [0.1, 0.15) is 40.2 Å². The largest absolute Gasteiger partial charge is 0.489 e. The van der Waals surface area contributed by atoms with Crippen molar-refractivity contribution in [3.8, 4) is 16.9 Å². The second-order valence-corrected chi connectivity index (χ2v) is 10.4. The zero-order valence-corrected chi connectivity index (χ0v) is 22.8. The summed E-state index contributed by atoms with van der Waals surface area (Å²) in [6, 6.07) is 25.3. The molecule has 0 bridgehead atoms. The fraction of sp³-hybridized carbons (Fsp3) is 0.206. The van der Waals surface area contributed by atoms with Crippen LogP contribution in [0.2, 0.25) is 0 Å². The van der Waals surface area contributed by atoms with Crippen LogP contribution in [0.3, 0.4) is 0 Å². The summed E-state index contributed by atoms with van der Waals surface area (Å²) in [5, 5.41) is 9.52. The van der Waals surface area contributed by atoms with E-state index in [-0.39, 0.29) is 24.0 Å². The van der Waals surface area contributed by atoms with Crippen molar-refractivity contribution < 1.29 is 23.8 Å². The third-order valence-electron chi connectivity index (χ3n) is 7.53. The van der Waals surface area contributed by atoms with Gasteiger partial charge < -0.3 is 19.1 Å². The minimum Gasteiger partial charge on any atom is -0.489 e. The molecule has 1 aliphatic heterocycles. The quantitative estimate of drug-likeness (QED) is 0.189. The molecule has 210 valence electrons. The number of aromatic nitrogens is 2. The van der Waals surface area contributed by atoms with Crippen molar-refractivity contribution >= 4 is 22.7 Å². The normalized spacial score (nSPS) is 14.6. The second-order valence-electron chi connectivity index (χ2n) is 10.4. The number of carboxylic acids is 1. The molecule has 2 heterocycles. The molecule has 4 aromatic carbocycles. The van der Waals surface area contributed by atoms with Crippen LogP contribution in [0.5, 0.6) is 5.75 Å². The number of halogens is 1. The molecule has 1 unspecified atom stereocenters. The zero-order valence-electron chi connectivity index (χ0n) is 22.8. The first kappa shape index (κ1) is 27.2. The first-order valence-electron chi connectivity index (χ1n) is 13.8. The summed E-state index contributed by atoms with van der Waals surface area (Å²) in [5.74, 6) is 0.0642. The molecule has 1 aromatic heterocycles. The van der Waals surface area contributed by atoms with E-state index in [0.29, 0.717) is 24.3 Å². The van der Waals surface area contributed by atoms with Crippen molar-refractivity contribution in [1.29, 1.82) is 0 Å². The Morgan fingerprint density at radius 3 is 2.67 bits per heavy atom. The van der Waals surface area contributed by atoms with Crippen LogP contribution in [-0.4, -0.2) is 33.3 Å². The van der Waals surface area contributed by atoms with E-state index in [2.05, 4.69) is 21.5 Å². The fourth-order valence-corrected chi connectivity index (χ4v) is 5.28. The first-order chi connectivity index (χ1) is 20.5. The Kier molecular flexibility index (Phi) is 7.67. The van der Waals surface area contributed by atoms with Crippen LogP contribution in [0.15, 0.2) is 84.9 Å². The van der Waals surface area contributed by atoms with E-state index in [1.807, 2.05) is 36.4 Å². The van der Waals surface area contributed by atoms with E-state index in [0.717, 1.165) is 53.0 Å². The van der Waals surface area contributed by atoms with Crippen molar-refractivity contribution in [3.05, 3.63) is 125 Å². The number of imidazole rings is 1. The van der Waals surface area contributed by atoms with E-state index in [9.17, 15) is 14.3 Å². The van der Waals surface area contributed by atoms with Gasteiger partial charge in [0.15, 0.2) is 5.69 Å². The molecule has 6 rings (SSSR count). The predicted octanol–water partition coefficient (Wildman–Crippen LogP) is 7.44. The standard InChI is InChI=1S/C34H28FN3O4/c1-36-27-13-11-26(30(35)19-27)21-42-28-5-2-4-24(17-28)23-9-7-22(8-10-23)16-33-37-31-14-12-25(34(39)40)18-32(31)38(33)20-29-6-3-15-41-29/h2,4-5,7-14,17-19,29H,3,6,15-16,20-21H2,(H,39,40). The minimum atomic E-state index is -0.962. The molecule has 7 nitrogen and oxygen atoms in total. The number of benzene rings is 4. The van der Waals surface area contributed by atoms with Crippen molar-refractivity contribution in [1.82, 2.24) is 9.55 Å². The first-order valence-corrected chi connectivity index (χ1v) is 13.8. The van der Waals surface area contributed by atoms with Crippen molar-refractivity contribution in [2.75, 3.05) is 6.61 Å². The highest BCUT2D eigenvalue weighted by atomic mass is 19.1. The van der Waals surface area contributed by atoms with Crippen molar-refractivity contribution in [2.24, 2.45) is 0 Å². The number of carbonyl (C=O) groups is 1. The van der Waals surface area contributed by atoms with Gasteiger partial charge in [-0.2, -0.15) is 0 Å². The molecular formula is C34H28FN3O4. The summed E-state index contributed by atoms with van der Waals surface area (Å²) >= 11 is 0. The highest BCUT2D eigenvalue weighted by molar-refractivity contribution is 5.92. The smallest absolute Gasteiger partial charge is 0.335 e. The summed E-state index contributed by atoms with van der Waals surface area (Å²) in [5.41, 5.74) is 5.51. The van der Waals surface area contributed by atoms with Crippen LogP contribution in [0.4, 0.5) is 10.1 Å². The number of carboxylic acid groups (broad SMARTS) is 1. The number of rotatable bonds is 9. The molecular weight excluding hydrogens is 533 g/mol. The van der Waals surface area contributed by atoms with Crippen molar-refractivity contribution in [3.63, 3.8) is 0 Å². The molecule has 1 N–H and O–H groups in total. The van der Waals surface area contributed by atoms with Gasteiger partial charge in [0.2, 0.25) is 0 Å². The molecule has 5 aromatic rings. The van der Waals surface area contributed by atoms with Gasteiger partial charge in [-0.1, -0.05) is 48.5 Å². The average molecular weight is 562 g/mol. The maximum atomic E-state index is 14.3. The van der Waals surface area contributed by atoms with Gasteiger partial charge in [0, 0.05) is 18.6 Å². The van der Waals surface area contributed by atoms with Gasteiger partial charge >= 0.3 is 5.97 Å². The number of fused-ring (bicyclic) bond motifs is 1. The summed E-state index contributed by atoms with van der Waals surface area (Å²) in [4.78, 5) is 19.7. The Hall–Kier alpha value is -5.00. The van der Waals surface area contributed by atoms with E-state index >= 15 is 0 Å². The molecule has 0 amide bonds. The molecule has 1 fully saturated rings. The number of nitrogens with zero attached hydrogens (tertiary/aromatic N) is 3. The SMILES string of the molecule is [C-]#[N+]c1ccc(COc2cccc(-c3ccc(Cc4nc5ccc(C(=O)O)cc5n4CC4CCCO4)cc3)c2)c(F)c1. The number of ether oxygens (including phenoxy) is 2. The van der Waals surface area contributed by atoms with Crippen LogP contribution >= 0.6 is 0 Å². The number of hydrogen-bond donors (Lipinski definition) is 1. The van der Waals surface area contributed by atoms with Crippen molar-refractivity contribution in [2.45, 2.75) is 38.5 Å². The molecule has 0 spiro atoms. The Bertz CT molecular complexity index is 1800. The van der Waals surface area contributed by atoms with E-state index in [1.165, 1.54) is 6.07 Å². The minimum absolute atomic E-state index is 0.0629. The Balaban J connectivity index is 1.20. The lowest BCUT2D eigenvalue weighted by Crippen LogP contribution is -2.17.